The van der Waals surface area contributed by atoms with Crippen molar-refractivity contribution >= 4 is 34.4 Å². The maximum atomic E-state index is 12.5. The van der Waals surface area contributed by atoms with Crippen LogP contribution in [0.15, 0.2) is 41.5 Å². The van der Waals surface area contributed by atoms with Gasteiger partial charge in [-0.1, -0.05) is 12.1 Å². The summed E-state index contributed by atoms with van der Waals surface area (Å²) < 4.78 is 0. The number of aryl methyl sites for hydroxylation is 2. The van der Waals surface area contributed by atoms with Gasteiger partial charge in [0.15, 0.2) is 5.76 Å². The van der Waals surface area contributed by atoms with Crippen LogP contribution in [0.5, 0.6) is 0 Å². The monoisotopic (exact) mass is 299 g/mol. The van der Waals surface area contributed by atoms with Crippen LogP contribution in [0.1, 0.15) is 16.0 Å². The molecule has 0 bridgehead atoms. The van der Waals surface area contributed by atoms with E-state index in [0.29, 0.717) is 10.6 Å². The molecule has 1 N–H and O–H groups in total. The number of carbonyl (C=O) groups is 2. The Bertz CT molecular complexity index is 755. The predicted octanol–water partition coefficient (Wildman–Crippen LogP) is 3.21. The van der Waals surface area contributed by atoms with Crippen LogP contribution in [0, 0.1) is 13.8 Å². The number of rotatable bonds is 2. The van der Waals surface area contributed by atoms with E-state index in [9.17, 15) is 14.7 Å². The van der Waals surface area contributed by atoms with Crippen molar-refractivity contribution in [3.05, 3.63) is 57.5 Å². The van der Waals surface area contributed by atoms with Gasteiger partial charge < -0.3 is 5.11 Å². The van der Waals surface area contributed by atoms with Crippen LogP contribution in [-0.2, 0) is 9.59 Å². The Morgan fingerprint density at radius 1 is 1.05 bits per heavy atom. The van der Waals surface area contributed by atoms with Crippen molar-refractivity contribution in [2.45, 2.75) is 13.8 Å². The smallest absolute Gasteiger partial charge is 0.301 e. The maximum absolute atomic E-state index is 12.5. The van der Waals surface area contributed by atoms with Crippen molar-refractivity contribution in [3.63, 3.8) is 0 Å². The van der Waals surface area contributed by atoms with E-state index in [2.05, 4.69) is 0 Å². The molecule has 0 saturated heterocycles. The van der Waals surface area contributed by atoms with Gasteiger partial charge in [-0.2, -0.15) is 0 Å². The SMILES string of the molecule is Cc1cc(C)cc(N2C(=O)C(O)=C(c3cccs3)C2=O)c1. The van der Waals surface area contributed by atoms with Crippen LogP contribution < -0.4 is 4.90 Å². The van der Waals surface area contributed by atoms with E-state index in [1.54, 1.807) is 29.6 Å². The highest BCUT2D eigenvalue weighted by atomic mass is 32.1. The maximum Gasteiger partial charge on any atom is 0.301 e. The van der Waals surface area contributed by atoms with Crippen LogP contribution >= 0.6 is 11.3 Å². The molecule has 1 aliphatic heterocycles. The molecule has 0 spiro atoms. The Balaban J connectivity index is 2.08. The van der Waals surface area contributed by atoms with Gasteiger partial charge >= 0.3 is 5.91 Å². The summed E-state index contributed by atoms with van der Waals surface area (Å²) in [6, 6.07) is 8.97. The average Bonchev–Trinajstić information content (AvgIpc) is 2.97. The molecule has 1 aromatic heterocycles. The molecule has 106 valence electrons. The van der Waals surface area contributed by atoms with Crippen molar-refractivity contribution in [2.24, 2.45) is 0 Å². The van der Waals surface area contributed by atoms with Crippen molar-refractivity contribution < 1.29 is 14.7 Å². The summed E-state index contributed by atoms with van der Waals surface area (Å²) in [4.78, 5) is 26.4. The van der Waals surface area contributed by atoms with Crippen LogP contribution in [-0.4, -0.2) is 16.9 Å². The molecule has 21 heavy (non-hydrogen) atoms. The van der Waals surface area contributed by atoms with Gasteiger partial charge in [-0.05, 0) is 48.6 Å². The van der Waals surface area contributed by atoms with Gasteiger partial charge in [0.1, 0.15) is 5.57 Å². The van der Waals surface area contributed by atoms with Gasteiger partial charge in [0.25, 0.3) is 5.91 Å². The second-order valence-electron chi connectivity index (χ2n) is 4.99. The first-order valence-electron chi connectivity index (χ1n) is 6.43. The number of carbonyl (C=O) groups excluding carboxylic acids is 2. The fourth-order valence-corrected chi connectivity index (χ4v) is 3.24. The fraction of sp³-hybridized carbons (Fsp3) is 0.125. The predicted molar refractivity (Wildman–Crippen MR) is 82.3 cm³/mol. The number of hydrogen-bond acceptors (Lipinski definition) is 4. The summed E-state index contributed by atoms with van der Waals surface area (Å²) >= 11 is 1.32. The lowest BCUT2D eigenvalue weighted by Crippen LogP contribution is -2.31. The number of nitrogens with zero attached hydrogens (tertiary/aromatic N) is 1. The highest BCUT2D eigenvalue weighted by molar-refractivity contribution is 7.11. The first-order valence-corrected chi connectivity index (χ1v) is 7.31. The molecule has 0 radical (unpaired) electrons. The average molecular weight is 299 g/mol. The molecule has 2 amide bonds. The molecule has 0 saturated carbocycles. The van der Waals surface area contributed by atoms with Gasteiger partial charge in [0, 0.05) is 4.88 Å². The van der Waals surface area contributed by atoms with Crippen LogP contribution in [0.25, 0.3) is 5.57 Å². The number of amides is 2. The molecule has 2 aromatic rings. The van der Waals surface area contributed by atoms with E-state index in [0.717, 1.165) is 16.0 Å². The number of aliphatic hydroxyl groups excluding tert-OH is 1. The zero-order chi connectivity index (χ0) is 15.1. The normalized spacial score (nSPS) is 15.2. The minimum absolute atomic E-state index is 0.0779. The van der Waals surface area contributed by atoms with E-state index in [1.165, 1.54) is 11.3 Å². The number of anilines is 1. The van der Waals surface area contributed by atoms with E-state index in [1.807, 2.05) is 19.9 Å². The summed E-state index contributed by atoms with van der Waals surface area (Å²) in [5, 5.41) is 11.8. The zero-order valence-electron chi connectivity index (χ0n) is 11.6. The van der Waals surface area contributed by atoms with Crippen molar-refractivity contribution in [1.29, 1.82) is 0 Å². The summed E-state index contributed by atoms with van der Waals surface area (Å²) in [6.07, 6.45) is 0. The van der Waals surface area contributed by atoms with Crippen molar-refractivity contribution in [3.8, 4) is 0 Å². The van der Waals surface area contributed by atoms with E-state index in [-0.39, 0.29) is 5.57 Å². The Labute approximate surface area is 126 Å². The summed E-state index contributed by atoms with van der Waals surface area (Å²) in [7, 11) is 0. The lowest BCUT2D eigenvalue weighted by atomic mass is 10.1. The largest absolute Gasteiger partial charge is 0.502 e. The molecule has 3 rings (SSSR count). The van der Waals surface area contributed by atoms with Gasteiger partial charge in [-0.25, -0.2) is 4.90 Å². The Morgan fingerprint density at radius 3 is 2.29 bits per heavy atom. The molecule has 0 fully saturated rings. The molecule has 2 heterocycles. The van der Waals surface area contributed by atoms with Crippen LogP contribution in [0.4, 0.5) is 5.69 Å². The second kappa shape index (κ2) is 4.86. The van der Waals surface area contributed by atoms with E-state index >= 15 is 0 Å². The minimum Gasteiger partial charge on any atom is -0.502 e. The van der Waals surface area contributed by atoms with Gasteiger partial charge in [-0.15, -0.1) is 11.3 Å². The number of imide groups is 1. The molecule has 0 unspecified atom stereocenters. The quantitative estimate of drug-likeness (QED) is 0.866. The van der Waals surface area contributed by atoms with Gasteiger partial charge in [0.05, 0.1) is 5.69 Å². The number of benzene rings is 1. The first-order chi connectivity index (χ1) is 9.99. The second-order valence-corrected chi connectivity index (χ2v) is 5.94. The highest BCUT2D eigenvalue weighted by Crippen LogP contribution is 2.34. The number of aliphatic hydroxyl groups is 1. The molecule has 5 heteroatoms. The van der Waals surface area contributed by atoms with Gasteiger partial charge in [0.2, 0.25) is 0 Å². The lowest BCUT2D eigenvalue weighted by molar-refractivity contribution is -0.121. The third kappa shape index (κ3) is 2.15. The fourth-order valence-electron chi connectivity index (χ4n) is 2.48. The third-order valence-electron chi connectivity index (χ3n) is 3.29. The number of hydrogen-bond donors (Lipinski definition) is 1. The summed E-state index contributed by atoms with van der Waals surface area (Å²) in [5.74, 6) is -1.64. The third-order valence-corrected chi connectivity index (χ3v) is 4.18. The first kappa shape index (κ1) is 13.6. The standard InChI is InChI=1S/C16H13NO3S/c1-9-6-10(2)8-11(7-9)17-15(19)13(14(18)16(17)20)12-4-3-5-21-12/h3-8,18H,1-2H3. The highest BCUT2D eigenvalue weighted by Gasteiger charge is 2.40. The molecule has 1 aromatic carbocycles. The van der Waals surface area contributed by atoms with Crippen LogP contribution in [0.3, 0.4) is 0 Å². The summed E-state index contributed by atoms with van der Waals surface area (Å²) in [5.41, 5.74) is 2.47. The Kier molecular flexibility index (Phi) is 3.14. The Hall–Kier alpha value is -2.40. The Morgan fingerprint density at radius 2 is 1.71 bits per heavy atom. The topological polar surface area (TPSA) is 57.6 Å². The zero-order valence-corrected chi connectivity index (χ0v) is 12.4. The molecular weight excluding hydrogens is 286 g/mol. The molecule has 4 nitrogen and oxygen atoms in total. The number of thiophene rings is 1. The van der Waals surface area contributed by atoms with Crippen molar-refractivity contribution in [2.75, 3.05) is 4.90 Å². The van der Waals surface area contributed by atoms with Crippen molar-refractivity contribution in [1.82, 2.24) is 0 Å². The van der Waals surface area contributed by atoms with E-state index in [4.69, 9.17) is 0 Å². The minimum atomic E-state index is -0.673. The van der Waals surface area contributed by atoms with E-state index < -0.39 is 17.6 Å². The molecule has 0 atom stereocenters. The molecule has 1 aliphatic rings. The summed E-state index contributed by atoms with van der Waals surface area (Å²) in [6.45, 7) is 3.80. The molecule has 0 aliphatic carbocycles. The lowest BCUT2D eigenvalue weighted by Gasteiger charge is -2.15. The van der Waals surface area contributed by atoms with Crippen LogP contribution in [0.2, 0.25) is 0 Å². The van der Waals surface area contributed by atoms with Gasteiger partial charge in [-0.3, -0.25) is 9.59 Å². The molecular formula is C16H13NO3S.